The van der Waals surface area contributed by atoms with Gasteiger partial charge in [0.25, 0.3) is 0 Å². The van der Waals surface area contributed by atoms with Gasteiger partial charge in [0.05, 0.1) is 0 Å². The van der Waals surface area contributed by atoms with Crippen molar-refractivity contribution in [3.8, 4) is 0 Å². The molecule has 0 bridgehead atoms. The molecular weight excluding hydrogens is 174 g/mol. The molecule has 0 radical (unpaired) electrons. The summed E-state index contributed by atoms with van der Waals surface area (Å²) < 4.78 is 0. The highest BCUT2D eigenvalue weighted by molar-refractivity contribution is 4.77. The molecule has 14 heavy (non-hydrogen) atoms. The van der Waals surface area contributed by atoms with E-state index in [1.165, 1.54) is 45.6 Å². The van der Waals surface area contributed by atoms with Crippen molar-refractivity contribution in [2.75, 3.05) is 39.3 Å². The van der Waals surface area contributed by atoms with Crippen LogP contribution in [0.3, 0.4) is 0 Å². The van der Waals surface area contributed by atoms with Gasteiger partial charge in [-0.1, -0.05) is 13.8 Å². The van der Waals surface area contributed by atoms with Crippen molar-refractivity contribution in [1.29, 1.82) is 0 Å². The van der Waals surface area contributed by atoms with Crippen molar-refractivity contribution in [3.05, 3.63) is 0 Å². The van der Waals surface area contributed by atoms with Crippen LogP contribution in [0.4, 0.5) is 0 Å². The first-order valence-electron chi connectivity index (χ1n) is 6.03. The van der Waals surface area contributed by atoms with Gasteiger partial charge in [0.2, 0.25) is 0 Å². The van der Waals surface area contributed by atoms with E-state index in [-0.39, 0.29) is 0 Å². The minimum Gasteiger partial charge on any atom is -0.315 e. The zero-order valence-corrected chi connectivity index (χ0v) is 9.68. The lowest BCUT2D eigenvalue weighted by Crippen LogP contribution is -2.34. The second kappa shape index (κ2) is 7.21. The normalized spacial score (nSPS) is 22.1. The van der Waals surface area contributed by atoms with Crippen LogP contribution in [0.1, 0.15) is 26.7 Å². The molecule has 0 spiro atoms. The third-order valence-electron chi connectivity index (χ3n) is 3.04. The third kappa shape index (κ3) is 4.40. The summed E-state index contributed by atoms with van der Waals surface area (Å²) in [6.07, 6.45) is 2.57. The van der Waals surface area contributed by atoms with Crippen LogP contribution >= 0.6 is 0 Å². The van der Waals surface area contributed by atoms with Crippen LogP contribution in [0.25, 0.3) is 0 Å². The Hall–Kier alpha value is -0.120. The Morgan fingerprint density at radius 2 is 2.14 bits per heavy atom. The van der Waals surface area contributed by atoms with Crippen molar-refractivity contribution in [2.24, 2.45) is 0 Å². The minimum absolute atomic E-state index is 0.728. The standard InChI is InChI=1S/C11H25N3/c1-3-14(4-2)9-5-7-13-11-6-8-12-10-11/h11-13H,3-10H2,1-2H3. The average Bonchev–Trinajstić information content (AvgIpc) is 2.71. The Bertz CT molecular complexity index is 124. The first kappa shape index (κ1) is 12.0. The van der Waals surface area contributed by atoms with E-state index < -0.39 is 0 Å². The first-order valence-corrected chi connectivity index (χ1v) is 6.03. The molecule has 1 aliphatic rings. The highest BCUT2D eigenvalue weighted by Gasteiger charge is 2.12. The Balaban J connectivity index is 1.92. The molecule has 3 heteroatoms. The van der Waals surface area contributed by atoms with Gasteiger partial charge in [-0.05, 0) is 45.6 Å². The van der Waals surface area contributed by atoms with Gasteiger partial charge in [0, 0.05) is 12.6 Å². The van der Waals surface area contributed by atoms with Gasteiger partial charge >= 0.3 is 0 Å². The van der Waals surface area contributed by atoms with Crippen LogP contribution in [0.5, 0.6) is 0 Å². The molecule has 2 N–H and O–H groups in total. The molecular formula is C11H25N3. The van der Waals surface area contributed by atoms with E-state index in [9.17, 15) is 0 Å². The van der Waals surface area contributed by atoms with Crippen molar-refractivity contribution in [2.45, 2.75) is 32.7 Å². The Kier molecular flexibility index (Phi) is 6.15. The van der Waals surface area contributed by atoms with E-state index >= 15 is 0 Å². The maximum atomic E-state index is 3.60. The van der Waals surface area contributed by atoms with Crippen LogP contribution in [0, 0.1) is 0 Å². The number of hydrogen-bond donors (Lipinski definition) is 2. The van der Waals surface area contributed by atoms with Crippen molar-refractivity contribution < 1.29 is 0 Å². The first-order chi connectivity index (χ1) is 6.86. The molecule has 1 fully saturated rings. The zero-order chi connectivity index (χ0) is 10.2. The van der Waals surface area contributed by atoms with Crippen molar-refractivity contribution in [1.82, 2.24) is 15.5 Å². The fourth-order valence-electron chi connectivity index (χ4n) is 1.98. The van der Waals surface area contributed by atoms with Gasteiger partial charge in [-0.15, -0.1) is 0 Å². The maximum absolute atomic E-state index is 3.60. The monoisotopic (exact) mass is 199 g/mol. The second-order valence-electron chi connectivity index (χ2n) is 4.02. The quantitative estimate of drug-likeness (QED) is 0.590. The molecule has 1 unspecified atom stereocenters. The largest absolute Gasteiger partial charge is 0.315 e. The molecule has 1 aliphatic heterocycles. The summed E-state index contributed by atoms with van der Waals surface area (Å²) in [7, 11) is 0. The highest BCUT2D eigenvalue weighted by atomic mass is 15.1. The fourth-order valence-corrected chi connectivity index (χ4v) is 1.98. The molecule has 0 aliphatic carbocycles. The van der Waals surface area contributed by atoms with E-state index in [2.05, 4.69) is 29.4 Å². The second-order valence-corrected chi connectivity index (χ2v) is 4.02. The van der Waals surface area contributed by atoms with E-state index in [1.54, 1.807) is 0 Å². The van der Waals surface area contributed by atoms with E-state index in [1.807, 2.05) is 0 Å². The summed E-state index contributed by atoms with van der Waals surface area (Å²) >= 11 is 0. The van der Waals surface area contributed by atoms with Gasteiger partial charge in [-0.3, -0.25) is 0 Å². The summed E-state index contributed by atoms with van der Waals surface area (Å²) in [6, 6.07) is 0.728. The Morgan fingerprint density at radius 1 is 1.36 bits per heavy atom. The average molecular weight is 199 g/mol. The molecule has 1 rings (SSSR count). The Morgan fingerprint density at radius 3 is 2.71 bits per heavy atom. The van der Waals surface area contributed by atoms with Crippen LogP contribution in [0.15, 0.2) is 0 Å². The van der Waals surface area contributed by atoms with Gasteiger partial charge < -0.3 is 15.5 Å². The van der Waals surface area contributed by atoms with Crippen molar-refractivity contribution >= 4 is 0 Å². The molecule has 84 valence electrons. The van der Waals surface area contributed by atoms with Gasteiger partial charge in [-0.25, -0.2) is 0 Å². The predicted molar refractivity (Wildman–Crippen MR) is 61.7 cm³/mol. The van der Waals surface area contributed by atoms with Crippen LogP contribution < -0.4 is 10.6 Å². The highest BCUT2D eigenvalue weighted by Crippen LogP contribution is 1.97. The van der Waals surface area contributed by atoms with Gasteiger partial charge in [-0.2, -0.15) is 0 Å². The minimum atomic E-state index is 0.728. The SMILES string of the molecule is CCN(CC)CCCNC1CCNC1. The number of nitrogens with one attached hydrogen (secondary N) is 2. The van der Waals surface area contributed by atoms with E-state index in [0.717, 1.165) is 12.6 Å². The van der Waals surface area contributed by atoms with Crippen LogP contribution in [0.2, 0.25) is 0 Å². The molecule has 0 aromatic heterocycles. The molecule has 3 nitrogen and oxygen atoms in total. The summed E-state index contributed by atoms with van der Waals surface area (Å²) in [6.45, 7) is 11.6. The van der Waals surface area contributed by atoms with Gasteiger partial charge in [0.15, 0.2) is 0 Å². The summed E-state index contributed by atoms with van der Waals surface area (Å²) in [5, 5.41) is 6.97. The lowest BCUT2D eigenvalue weighted by Gasteiger charge is -2.18. The summed E-state index contributed by atoms with van der Waals surface area (Å²) in [5.41, 5.74) is 0. The Labute approximate surface area is 88.2 Å². The number of rotatable bonds is 7. The van der Waals surface area contributed by atoms with Crippen LogP contribution in [-0.4, -0.2) is 50.2 Å². The fraction of sp³-hybridized carbons (Fsp3) is 1.00. The molecule has 1 saturated heterocycles. The molecule has 0 aromatic rings. The molecule has 0 amide bonds. The van der Waals surface area contributed by atoms with E-state index in [4.69, 9.17) is 0 Å². The number of hydrogen-bond acceptors (Lipinski definition) is 3. The lowest BCUT2D eigenvalue weighted by atomic mass is 10.2. The number of nitrogens with zero attached hydrogens (tertiary/aromatic N) is 1. The lowest BCUT2D eigenvalue weighted by molar-refractivity contribution is 0.296. The molecule has 0 saturated carbocycles. The zero-order valence-electron chi connectivity index (χ0n) is 9.68. The third-order valence-corrected chi connectivity index (χ3v) is 3.04. The van der Waals surface area contributed by atoms with E-state index in [0.29, 0.717) is 0 Å². The molecule has 1 heterocycles. The summed E-state index contributed by atoms with van der Waals surface area (Å²) in [5.74, 6) is 0. The van der Waals surface area contributed by atoms with Crippen LogP contribution in [-0.2, 0) is 0 Å². The maximum Gasteiger partial charge on any atom is 0.0204 e. The molecule has 0 aromatic carbocycles. The predicted octanol–water partition coefficient (Wildman–Crippen LogP) is 0.670. The molecule has 1 atom stereocenters. The van der Waals surface area contributed by atoms with Crippen molar-refractivity contribution in [3.63, 3.8) is 0 Å². The smallest absolute Gasteiger partial charge is 0.0204 e. The topological polar surface area (TPSA) is 27.3 Å². The van der Waals surface area contributed by atoms with Gasteiger partial charge in [0.1, 0.15) is 0 Å². The summed E-state index contributed by atoms with van der Waals surface area (Å²) in [4.78, 5) is 2.48.